The summed E-state index contributed by atoms with van der Waals surface area (Å²) in [4.78, 5) is 16.8. The first kappa shape index (κ1) is 29.4. The number of hydrogen-bond donors (Lipinski definition) is 2. The van der Waals surface area contributed by atoms with Gasteiger partial charge in [-0.25, -0.2) is 8.42 Å². The van der Waals surface area contributed by atoms with Gasteiger partial charge in [0.25, 0.3) is 0 Å². The van der Waals surface area contributed by atoms with Crippen molar-refractivity contribution in [1.82, 2.24) is 15.6 Å². The molecule has 38 heavy (non-hydrogen) atoms. The van der Waals surface area contributed by atoms with E-state index >= 15 is 0 Å². The summed E-state index contributed by atoms with van der Waals surface area (Å²) in [7, 11) is -3.46. The summed E-state index contributed by atoms with van der Waals surface area (Å²) in [6, 6.07) is 5.18. The molecule has 0 aliphatic heterocycles. The lowest BCUT2D eigenvalue weighted by atomic mass is 9.97. The van der Waals surface area contributed by atoms with Crippen LogP contribution in [-0.4, -0.2) is 49.5 Å². The van der Waals surface area contributed by atoms with Crippen LogP contribution >= 0.6 is 0 Å². The van der Waals surface area contributed by atoms with Crippen LogP contribution < -0.4 is 10.6 Å². The van der Waals surface area contributed by atoms with Crippen molar-refractivity contribution in [2.45, 2.75) is 61.1 Å². The van der Waals surface area contributed by atoms with Crippen molar-refractivity contribution in [2.75, 3.05) is 6.26 Å². The van der Waals surface area contributed by atoms with Crippen molar-refractivity contribution < 1.29 is 39.6 Å². The van der Waals surface area contributed by atoms with Gasteiger partial charge in [0.05, 0.1) is 28.6 Å². The van der Waals surface area contributed by atoms with Crippen molar-refractivity contribution in [3.8, 4) is 17.3 Å². The molecule has 1 aromatic heterocycles. The minimum Gasteiger partial charge on any atom is -0.336 e. The molecule has 1 aliphatic carbocycles. The van der Waals surface area contributed by atoms with Crippen molar-refractivity contribution >= 4 is 15.7 Å². The normalized spacial score (nSPS) is 17.7. The van der Waals surface area contributed by atoms with Crippen molar-refractivity contribution in [3.63, 3.8) is 0 Å². The van der Waals surface area contributed by atoms with E-state index in [2.05, 4.69) is 10.3 Å². The molecule has 14 heteroatoms. The van der Waals surface area contributed by atoms with Crippen LogP contribution in [0.1, 0.15) is 37.8 Å². The Kier molecular flexibility index (Phi) is 8.14. The average Bonchev–Trinajstić information content (AvgIpc) is 3.59. The zero-order chi connectivity index (χ0) is 28.5. The Hall–Kier alpha value is -3.18. The predicted molar refractivity (Wildman–Crippen MR) is 124 cm³/mol. The first-order valence-electron chi connectivity index (χ1n) is 11.3. The highest BCUT2D eigenvalue weighted by Crippen LogP contribution is 2.37. The van der Waals surface area contributed by atoms with Gasteiger partial charge in [-0.05, 0) is 43.0 Å². The molecule has 0 radical (unpaired) electrons. The molecule has 206 valence electrons. The highest BCUT2D eigenvalue weighted by molar-refractivity contribution is 7.90. The molecule has 1 heterocycles. The number of nitriles is 1. The fourth-order valence-corrected chi connectivity index (χ4v) is 4.28. The average molecular weight is 563 g/mol. The Balaban J connectivity index is 1.88. The number of nitrogens with one attached hydrogen (secondary N) is 2. The number of carbonyl (C=O) groups excluding carboxylic acids is 1. The monoisotopic (exact) mass is 562 g/mol. The molecule has 1 aliphatic rings. The minimum absolute atomic E-state index is 0.0426. The first-order chi connectivity index (χ1) is 17.4. The fourth-order valence-electron chi connectivity index (χ4n) is 3.65. The molecule has 0 saturated heterocycles. The van der Waals surface area contributed by atoms with E-state index in [1.807, 2.05) is 11.4 Å². The van der Waals surface area contributed by atoms with Gasteiger partial charge in [-0.2, -0.15) is 31.6 Å². The Bertz CT molecular complexity index is 1300. The summed E-state index contributed by atoms with van der Waals surface area (Å²) >= 11 is 0. The van der Waals surface area contributed by atoms with Gasteiger partial charge in [0, 0.05) is 18.0 Å². The highest BCUT2D eigenvalue weighted by atomic mass is 32.2. The molecular formula is C24H24F6N4O3S. The number of aromatic nitrogens is 1. The van der Waals surface area contributed by atoms with Gasteiger partial charge in [-0.15, -0.1) is 0 Å². The van der Waals surface area contributed by atoms with Gasteiger partial charge < -0.3 is 5.32 Å². The van der Waals surface area contributed by atoms with Crippen molar-refractivity contribution in [1.29, 1.82) is 5.26 Å². The first-order valence-corrected chi connectivity index (χ1v) is 13.2. The third-order valence-corrected chi connectivity index (χ3v) is 7.31. The third-order valence-electron chi connectivity index (χ3n) is 6.18. The summed E-state index contributed by atoms with van der Waals surface area (Å²) in [5.74, 6) is -3.24. The molecule has 1 fully saturated rings. The number of pyridine rings is 1. The molecular weight excluding hydrogens is 538 g/mol. The number of amides is 1. The van der Waals surface area contributed by atoms with Crippen LogP contribution in [0.4, 0.5) is 26.3 Å². The second-order valence-corrected chi connectivity index (χ2v) is 11.3. The molecule has 3 atom stereocenters. The lowest BCUT2D eigenvalue weighted by Crippen LogP contribution is -2.52. The summed E-state index contributed by atoms with van der Waals surface area (Å²) in [6.07, 6.45) is -8.35. The quantitative estimate of drug-likeness (QED) is 0.436. The molecule has 3 rings (SSSR count). The maximum Gasteiger partial charge on any atom is 0.407 e. The molecule has 0 bridgehead atoms. The summed E-state index contributed by atoms with van der Waals surface area (Å²) in [5, 5.41) is 13.5. The Morgan fingerprint density at radius 3 is 2.11 bits per heavy atom. The van der Waals surface area contributed by atoms with E-state index in [1.165, 1.54) is 30.3 Å². The Morgan fingerprint density at radius 1 is 1.08 bits per heavy atom. The smallest absolute Gasteiger partial charge is 0.336 e. The predicted octanol–water partition coefficient (Wildman–Crippen LogP) is 4.47. The molecule has 2 aromatic rings. The van der Waals surface area contributed by atoms with E-state index in [-0.39, 0.29) is 23.4 Å². The number of sulfone groups is 1. The van der Waals surface area contributed by atoms with Crippen LogP contribution in [0, 0.1) is 17.2 Å². The van der Waals surface area contributed by atoms with Crippen molar-refractivity contribution in [3.05, 3.63) is 48.2 Å². The number of halogens is 6. The number of rotatable bonds is 9. The molecule has 2 N–H and O–H groups in total. The number of carbonyl (C=O) groups is 1. The molecule has 1 amide bonds. The van der Waals surface area contributed by atoms with Gasteiger partial charge >= 0.3 is 12.4 Å². The zero-order valence-corrected chi connectivity index (χ0v) is 21.0. The van der Waals surface area contributed by atoms with Gasteiger partial charge in [-0.1, -0.05) is 25.1 Å². The molecule has 1 aromatic carbocycles. The topological polar surface area (TPSA) is 112 Å². The maximum atomic E-state index is 14.0. The Labute approximate surface area is 215 Å². The van der Waals surface area contributed by atoms with Crippen LogP contribution in [0.3, 0.4) is 0 Å². The largest absolute Gasteiger partial charge is 0.407 e. The molecule has 0 unspecified atom stereocenters. The van der Waals surface area contributed by atoms with E-state index in [1.54, 1.807) is 0 Å². The number of nitrogens with zero attached hydrogens (tertiary/aromatic N) is 2. The van der Waals surface area contributed by atoms with E-state index in [9.17, 15) is 44.8 Å². The number of benzene rings is 1. The molecule has 0 spiro atoms. The van der Waals surface area contributed by atoms with Gasteiger partial charge in [0.2, 0.25) is 5.91 Å². The van der Waals surface area contributed by atoms with Gasteiger partial charge in [0.1, 0.15) is 11.6 Å². The van der Waals surface area contributed by atoms with E-state index in [0.29, 0.717) is 5.56 Å². The Morgan fingerprint density at radius 2 is 1.68 bits per heavy atom. The summed E-state index contributed by atoms with van der Waals surface area (Å²) in [5.41, 5.74) is -1.10. The second kappa shape index (κ2) is 10.5. The van der Waals surface area contributed by atoms with Crippen LogP contribution in [0.5, 0.6) is 0 Å². The number of alkyl halides is 6. The highest BCUT2D eigenvalue weighted by Gasteiger charge is 2.49. The number of hydrogen-bond acceptors (Lipinski definition) is 6. The summed E-state index contributed by atoms with van der Waals surface area (Å²) < 4.78 is 105. The fraction of sp³-hybridized carbons (Fsp3) is 0.458. The van der Waals surface area contributed by atoms with Crippen LogP contribution in [0.2, 0.25) is 0 Å². The summed E-state index contributed by atoms with van der Waals surface area (Å²) in [6.45, 7) is 0.757. The van der Waals surface area contributed by atoms with Crippen molar-refractivity contribution in [2.24, 2.45) is 5.92 Å². The van der Waals surface area contributed by atoms with Gasteiger partial charge in [0.15, 0.2) is 9.84 Å². The molecule has 7 nitrogen and oxygen atoms in total. The van der Waals surface area contributed by atoms with Crippen LogP contribution in [-0.2, 0) is 14.6 Å². The van der Waals surface area contributed by atoms with Gasteiger partial charge in [-0.3, -0.25) is 15.1 Å². The lowest BCUT2D eigenvalue weighted by molar-refractivity contribution is -0.177. The van der Waals surface area contributed by atoms with E-state index in [0.717, 1.165) is 25.4 Å². The van der Waals surface area contributed by atoms with E-state index < -0.39 is 63.6 Å². The third kappa shape index (κ3) is 7.22. The zero-order valence-electron chi connectivity index (χ0n) is 20.2. The SMILES string of the molecule is C[C@@H](C[C@H](N[C@@H](c1ccc(-c2ccc(S(C)(=O)=O)cc2)nc1)C(F)(F)F)C(=O)NC1(C#N)CC1)C(F)(F)F. The lowest BCUT2D eigenvalue weighted by Gasteiger charge is -2.29. The second-order valence-electron chi connectivity index (χ2n) is 9.33. The van der Waals surface area contributed by atoms with Crippen LogP contribution in [0.15, 0.2) is 47.5 Å². The standard InChI is InChI=1S/C24H24F6N4O3S/c1-14(23(25,26)27)11-19(21(35)34-22(13-31)9-10-22)33-20(24(28,29)30)16-5-8-18(32-12-16)15-3-6-17(7-4-15)38(2,36)37/h3-8,12,14,19-20,33H,9-11H2,1-2H3,(H,34,35)/t14-,19-,20-/m0/s1. The van der Waals surface area contributed by atoms with E-state index in [4.69, 9.17) is 0 Å². The minimum atomic E-state index is -5.01. The molecule has 1 saturated carbocycles. The van der Waals surface area contributed by atoms with Crippen LogP contribution in [0.25, 0.3) is 11.3 Å². The maximum absolute atomic E-state index is 14.0.